The van der Waals surface area contributed by atoms with Crippen LogP contribution in [0.2, 0.25) is 0 Å². The Morgan fingerprint density at radius 3 is 2.83 bits per heavy atom. The van der Waals surface area contributed by atoms with Gasteiger partial charge in [0.1, 0.15) is 6.10 Å². The molecule has 0 aromatic rings. The minimum atomic E-state index is -0.189. The number of carbonyl (C=O) groups excluding carboxylic acids is 1. The van der Waals surface area contributed by atoms with Gasteiger partial charge in [-0.15, -0.1) is 0 Å². The maximum atomic E-state index is 11.1. The van der Waals surface area contributed by atoms with Crippen molar-refractivity contribution in [3.8, 4) is 0 Å². The third kappa shape index (κ3) is 0.916. The quantitative estimate of drug-likeness (QED) is 0.507. The van der Waals surface area contributed by atoms with Gasteiger partial charge in [0, 0.05) is 11.1 Å². The van der Waals surface area contributed by atoms with Gasteiger partial charge < -0.3 is 4.74 Å². The summed E-state index contributed by atoms with van der Waals surface area (Å²) in [6.07, 6.45) is 5.80. The normalized spacial score (nSPS) is 27.0. The Bertz CT molecular complexity index is 332. The molecule has 0 saturated carbocycles. The Morgan fingerprint density at radius 1 is 1.33 bits per heavy atom. The summed E-state index contributed by atoms with van der Waals surface area (Å²) >= 11 is 0. The first-order chi connectivity index (χ1) is 5.68. The molecule has 0 aromatic heterocycles. The zero-order valence-corrected chi connectivity index (χ0v) is 7.13. The molecule has 0 spiro atoms. The fourth-order valence-corrected chi connectivity index (χ4v) is 1.46. The summed E-state index contributed by atoms with van der Waals surface area (Å²) in [7, 11) is 0. The smallest absolute Gasteiger partial charge is 0.335 e. The summed E-state index contributed by atoms with van der Waals surface area (Å²) in [5.41, 5.74) is 2.89. The zero-order valence-electron chi connectivity index (χ0n) is 7.13. The van der Waals surface area contributed by atoms with Crippen LogP contribution < -0.4 is 0 Å². The lowest BCUT2D eigenvalue weighted by Crippen LogP contribution is -2.09. The molecule has 12 heavy (non-hydrogen) atoms. The molecular formula is C10H10O2. The molecule has 0 saturated heterocycles. The van der Waals surface area contributed by atoms with Crippen LogP contribution in [-0.2, 0) is 9.53 Å². The maximum absolute atomic E-state index is 11.1. The summed E-state index contributed by atoms with van der Waals surface area (Å²) in [5.74, 6) is -0.189. The molecule has 1 atom stereocenters. The van der Waals surface area contributed by atoms with Gasteiger partial charge in [-0.05, 0) is 19.9 Å². The van der Waals surface area contributed by atoms with Crippen LogP contribution in [0.5, 0.6) is 0 Å². The maximum Gasteiger partial charge on any atom is 0.335 e. The third-order valence-electron chi connectivity index (χ3n) is 2.22. The first kappa shape index (κ1) is 7.35. The number of allylic oxidation sites excluding steroid dienone is 2. The summed E-state index contributed by atoms with van der Waals surface area (Å²) < 4.78 is 5.11. The van der Waals surface area contributed by atoms with Crippen LogP contribution >= 0.6 is 0 Å². The van der Waals surface area contributed by atoms with Crippen molar-refractivity contribution in [3.05, 3.63) is 34.9 Å². The molecule has 2 nitrogen and oxygen atoms in total. The molecule has 62 valence electrons. The summed E-state index contributed by atoms with van der Waals surface area (Å²) in [4.78, 5) is 11.1. The third-order valence-corrected chi connectivity index (χ3v) is 2.22. The lowest BCUT2D eigenvalue weighted by Gasteiger charge is -2.11. The monoisotopic (exact) mass is 162 g/mol. The van der Waals surface area contributed by atoms with Crippen molar-refractivity contribution in [1.82, 2.24) is 0 Å². The molecule has 1 heterocycles. The zero-order chi connectivity index (χ0) is 8.72. The molecule has 0 bridgehead atoms. The van der Waals surface area contributed by atoms with Gasteiger partial charge in [-0.1, -0.05) is 17.7 Å². The van der Waals surface area contributed by atoms with E-state index in [0.717, 1.165) is 16.7 Å². The molecule has 2 aliphatic rings. The molecule has 0 fully saturated rings. The van der Waals surface area contributed by atoms with Crippen LogP contribution in [0.25, 0.3) is 0 Å². The largest absolute Gasteiger partial charge is 0.450 e. The number of hydrogen-bond acceptors (Lipinski definition) is 2. The Kier molecular flexibility index (Phi) is 1.43. The van der Waals surface area contributed by atoms with Crippen molar-refractivity contribution in [2.75, 3.05) is 0 Å². The van der Waals surface area contributed by atoms with Crippen molar-refractivity contribution in [2.45, 2.75) is 20.0 Å². The lowest BCUT2D eigenvalue weighted by atomic mass is 9.99. The predicted octanol–water partition coefficient (Wildman–Crippen LogP) is 1.74. The molecule has 0 radical (unpaired) electrons. The molecular weight excluding hydrogens is 152 g/mol. The minimum absolute atomic E-state index is 0.123. The highest BCUT2D eigenvalue weighted by Crippen LogP contribution is 2.28. The second-order valence-corrected chi connectivity index (χ2v) is 3.15. The van der Waals surface area contributed by atoms with E-state index in [0.29, 0.717) is 0 Å². The Labute approximate surface area is 71.2 Å². The first-order valence-electron chi connectivity index (χ1n) is 3.97. The second-order valence-electron chi connectivity index (χ2n) is 3.15. The van der Waals surface area contributed by atoms with Crippen LogP contribution in [-0.4, -0.2) is 12.1 Å². The molecule has 0 N–H and O–H groups in total. The van der Waals surface area contributed by atoms with E-state index in [2.05, 4.69) is 0 Å². The van der Waals surface area contributed by atoms with Gasteiger partial charge in [-0.3, -0.25) is 0 Å². The number of ether oxygens (including phenoxy) is 1. The van der Waals surface area contributed by atoms with Gasteiger partial charge in [0.2, 0.25) is 0 Å². The van der Waals surface area contributed by atoms with Gasteiger partial charge in [-0.2, -0.15) is 0 Å². The molecule has 1 unspecified atom stereocenters. The summed E-state index contributed by atoms with van der Waals surface area (Å²) in [6, 6.07) is 0. The van der Waals surface area contributed by atoms with Gasteiger partial charge >= 0.3 is 5.97 Å². The molecule has 0 aromatic carbocycles. The van der Waals surface area contributed by atoms with Crippen molar-refractivity contribution in [2.24, 2.45) is 0 Å². The SMILES string of the molecule is CC1=CC2OC(=O)C(C)=C2C=C1. The summed E-state index contributed by atoms with van der Waals surface area (Å²) in [5, 5.41) is 0. The van der Waals surface area contributed by atoms with E-state index in [1.54, 1.807) is 6.92 Å². The Balaban J connectivity index is 2.45. The van der Waals surface area contributed by atoms with Crippen molar-refractivity contribution in [1.29, 1.82) is 0 Å². The highest BCUT2D eigenvalue weighted by molar-refractivity contribution is 5.93. The van der Waals surface area contributed by atoms with Crippen LogP contribution in [0.4, 0.5) is 0 Å². The van der Waals surface area contributed by atoms with E-state index in [9.17, 15) is 4.79 Å². The van der Waals surface area contributed by atoms with Crippen molar-refractivity contribution >= 4 is 5.97 Å². The highest BCUT2D eigenvalue weighted by atomic mass is 16.5. The summed E-state index contributed by atoms with van der Waals surface area (Å²) in [6.45, 7) is 3.80. The van der Waals surface area contributed by atoms with Crippen molar-refractivity contribution < 1.29 is 9.53 Å². The van der Waals surface area contributed by atoms with Gasteiger partial charge in [0.15, 0.2) is 0 Å². The van der Waals surface area contributed by atoms with E-state index < -0.39 is 0 Å². The van der Waals surface area contributed by atoms with Crippen LogP contribution in [0.15, 0.2) is 34.9 Å². The predicted molar refractivity (Wildman–Crippen MR) is 45.5 cm³/mol. The number of hydrogen-bond donors (Lipinski definition) is 0. The Morgan fingerprint density at radius 2 is 2.08 bits per heavy atom. The minimum Gasteiger partial charge on any atom is -0.450 e. The van der Waals surface area contributed by atoms with Crippen LogP contribution in [0.1, 0.15) is 13.8 Å². The van der Waals surface area contributed by atoms with E-state index in [4.69, 9.17) is 4.74 Å². The van der Waals surface area contributed by atoms with Crippen LogP contribution in [0, 0.1) is 0 Å². The van der Waals surface area contributed by atoms with E-state index >= 15 is 0 Å². The van der Waals surface area contributed by atoms with E-state index in [1.807, 2.05) is 25.2 Å². The molecule has 0 amide bonds. The molecule has 1 aliphatic carbocycles. The highest BCUT2D eigenvalue weighted by Gasteiger charge is 2.29. The number of esters is 1. The van der Waals surface area contributed by atoms with Crippen LogP contribution in [0.3, 0.4) is 0 Å². The Hall–Kier alpha value is -1.31. The average molecular weight is 162 g/mol. The first-order valence-corrected chi connectivity index (χ1v) is 3.97. The van der Waals surface area contributed by atoms with Gasteiger partial charge in [-0.25, -0.2) is 4.79 Å². The molecule has 2 rings (SSSR count). The molecule has 1 aliphatic heterocycles. The number of rotatable bonds is 0. The number of fused-ring (bicyclic) bond motifs is 1. The lowest BCUT2D eigenvalue weighted by molar-refractivity contribution is -0.138. The second kappa shape index (κ2) is 2.34. The number of carbonyl (C=O) groups is 1. The molecule has 2 heteroatoms. The van der Waals surface area contributed by atoms with Gasteiger partial charge in [0.05, 0.1) is 0 Å². The fraction of sp³-hybridized carbons (Fsp3) is 0.300. The fourth-order valence-electron chi connectivity index (χ4n) is 1.46. The van der Waals surface area contributed by atoms with E-state index in [-0.39, 0.29) is 12.1 Å². The standard InChI is InChI=1S/C10H10O2/c1-6-3-4-8-7(2)10(11)12-9(8)5-6/h3-5,9H,1-2H3. The average Bonchev–Trinajstić information content (AvgIpc) is 2.28. The van der Waals surface area contributed by atoms with Crippen molar-refractivity contribution in [3.63, 3.8) is 0 Å². The van der Waals surface area contributed by atoms with Gasteiger partial charge in [0.25, 0.3) is 0 Å². The topological polar surface area (TPSA) is 26.3 Å². The van der Waals surface area contributed by atoms with E-state index in [1.165, 1.54) is 0 Å².